The van der Waals surface area contributed by atoms with Crippen molar-refractivity contribution >= 4 is 17.3 Å². The number of ether oxygens (including phenoxy) is 2. The number of thiophene rings is 1. The van der Waals surface area contributed by atoms with Gasteiger partial charge in [-0.05, 0) is 87.8 Å². The first-order valence-corrected chi connectivity index (χ1v) is 12.4. The smallest absolute Gasteiger partial charge is 0.339 e. The molecule has 0 spiro atoms. The number of fused-ring (bicyclic) bond motifs is 2. The number of hydrogen-bond donors (Lipinski definition) is 1. The highest BCUT2D eigenvalue weighted by molar-refractivity contribution is 7.15. The summed E-state index contributed by atoms with van der Waals surface area (Å²) in [5, 5.41) is 15.0. The number of carboxylic acid groups (broad SMARTS) is 1. The van der Waals surface area contributed by atoms with Crippen molar-refractivity contribution in [1.82, 2.24) is 9.78 Å². The fraction of sp³-hybridized carbons (Fsp3) is 0.462. The van der Waals surface area contributed by atoms with Crippen LogP contribution in [-0.2, 0) is 35.8 Å². The Morgan fingerprint density at radius 2 is 1.97 bits per heavy atom. The lowest BCUT2D eigenvalue weighted by Crippen LogP contribution is -2.29. The second-order valence-corrected chi connectivity index (χ2v) is 11.0. The Balaban J connectivity index is 1.72. The molecule has 2 aromatic heterocycles. The molecule has 1 aliphatic carbocycles. The van der Waals surface area contributed by atoms with Crippen molar-refractivity contribution < 1.29 is 19.4 Å². The second kappa shape index (κ2) is 8.29. The molecule has 0 amide bonds. The van der Waals surface area contributed by atoms with Crippen LogP contribution in [0, 0.1) is 0 Å². The van der Waals surface area contributed by atoms with E-state index in [1.165, 1.54) is 16.9 Å². The van der Waals surface area contributed by atoms with Crippen LogP contribution in [0.15, 0.2) is 24.3 Å². The van der Waals surface area contributed by atoms with Gasteiger partial charge in [0.2, 0.25) is 0 Å². The summed E-state index contributed by atoms with van der Waals surface area (Å²) in [7, 11) is 1.81. The van der Waals surface area contributed by atoms with Gasteiger partial charge in [0.15, 0.2) is 6.10 Å². The van der Waals surface area contributed by atoms with Crippen molar-refractivity contribution in [3.05, 3.63) is 46.0 Å². The molecule has 7 heteroatoms. The molecule has 174 valence electrons. The summed E-state index contributed by atoms with van der Waals surface area (Å²) in [4.78, 5) is 14.9. The minimum Gasteiger partial charge on any atom is -0.493 e. The summed E-state index contributed by atoms with van der Waals surface area (Å²) in [6.45, 7) is 6.36. The largest absolute Gasteiger partial charge is 0.493 e. The van der Waals surface area contributed by atoms with Crippen molar-refractivity contribution in [2.75, 3.05) is 6.61 Å². The minimum absolute atomic E-state index is 0.567. The molecule has 6 nitrogen and oxygen atoms in total. The number of aryl methyl sites for hydroxylation is 4. The quantitative estimate of drug-likeness (QED) is 0.532. The number of rotatable bonds is 5. The first-order chi connectivity index (χ1) is 15.7. The van der Waals surface area contributed by atoms with Gasteiger partial charge in [-0.25, -0.2) is 4.79 Å². The highest BCUT2D eigenvalue weighted by Gasteiger charge is 2.35. The molecular formula is C26H30N2O4S. The van der Waals surface area contributed by atoms with Gasteiger partial charge in [0.1, 0.15) is 11.4 Å². The first-order valence-electron chi connectivity index (χ1n) is 11.6. The van der Waals surface area contributed by atoms with Gasteiger partial charge in [-0.2, -0.15) is 5.10 Å². The Kier molecular flexibility index (Phi) is 5.57. The van der Waals surface area contributed by atoms with Gasteiger partial charge >= 0.3 is 5.97 Å². The number of aliphatic carboxylic acids is 1. The van der Waals surface area contributed by atoms with E-state index in [9.17, 15) is 9.90 Å². The summed E-state index contributed by atoms with van der Waals surface area (Å²) in [6, 6.07) is 8.39. The van der Waals surface area contributed by atoms with Gasteiger partial charge in [-0.15, -0.1) is 11.3 Å². The molecule has 1 aromatic carbocycles. The lowest BCUT2D eigenvalue weighted by Gasteiger charge is -2.26. The van der Waals surface area contributed by atoms with Crippen LogP contribution in [0.2, 0.25) is 0 Å². The molecule has 1 aliphatic heterocycles. The summed E-state index contributed by atoms with van der Waals surface area (Å²) in [6.07, 6.45) is 4.20. The van der Waals surface area contributed by atoms with Crippen molar-refractivity contribution in [3.8, 4) is 27.4 Å². The zero-order valence-electron chi connectivity index (χ0n) is 19.6. The molecule has 1 unspecified atom stereocenters. The fourth-order valence-electron chi connectivity index (χ4n) is 4.83. The molecule has 1 N–H and O–H groups in total. The van der Waals surface area contributed by atoms with E-state index in [1.54, 1.807) is 16.0 Å². The van der Waals surface area contributed by atoms with Crippen LogP contribution in [0.4, 0.5) is 0 Å². The highest BCUT2D eigenvalue weighted by Crippen LogP contribution is 2.45. The molecule has 3 aromatic rings. The van der Waals surface area contributed by atoms with E-state index in [-0.39, 0.29) is 0 Å². The number of benzene rings is 1. The van der Waals surface area contributed by atoms with Gasteiger partial charge in [-0.3, -0.25) is 4.68 Å². The summed E-state index contributed by atoms with van der Waals surface area (Å²) >= 11 is 1.78. The lowest BCUT2D eigenvalue weighted by molar-refractivity contribution is -0.161. The van der Waals surface area contributed by atoms with Crippen LogP contribution in [0.25, 0.3) is 21.7 Å². The minimum atomic E-state index is -1.13. The van der Waals surface area contributed by atoms with E-state index in [1.807, 2.05) is 40.0 Å². The van der Waals surface area contributed by atoms with Gasteiger partial charge in [-0.1, -0.05) is 6.07 Å². The number of carbonyl (C=O) groups is 1. The van der Waals surface area contributed by atoms with Gasteiger partial charge < -0.3 is 14.6 Å². The van der Waals surface area contributed by atoms with Gasteiger partial charge in [0.05, 0.1) is 22.8 Å². The molecule has 0 saturated heterocycles. The third-order valence-electron chi connectivity index (χ3n) is 6.21. The molecule has 0 fully saturated rings. The number of nitrogens with zero attached hydrogens (tertiary/aromatic N) is 2. The monoisotopic (exact) mass is 466 g/mol. The van der Waals surface area contributed by atoms with E-state index in [2.05, 4.69) is 12.1 Å². The third kappa shape index (κ3) is 4.20. The normalized spacial score (nSPS) is 16.2. The van der Waals surface area contributed by atoms with Crippen LogP contribution in [0.3, 0.4) is 0 Å². The zero-order chi connectivity index (χ0) is 23.3. The fourth-order valence-corrected chi connectivity index (χ4v) is 6.08. The molecule has 1 atom stereocenters. The number of hydrogen-bond acceptors (Lipinski definition) is 5. The molecule has 33 heavy (non-hydrogen) atoms. The lowest BCUT2D eigenvalue weighted by atomic mass is 9.95. The molecular weight excluding hydrogens is 436 g/mol. The predicted octanol–water partition coefficient (Wildman–Crippen LogP) is 5.57. The van der Waals surface area contributed by atoms with Crippen molar-refractivity contribution in [2.45, 2.75) is 64.6 Å². The molecule has 2 aliphatic rings. The van der Waals surface area contributed by atoms with Crippen LogP contribution in [0.1, 0.15) is 61.4 Å². The molecule has 3 heterocycles. The van der Waals surface area contributed by atoms with E-state index < -0.39 is 17.7 Å². The van der Waals surface area contributed by atoms with Gasteiger partial charge in [0, 0.05) is 17.5 Å². The topological polar surface area (TPSA) is 73.6 Å². The number of aromatic nitrogens is 2. The first kappa shape index (κ1) is 22.2. The Morgan fingerprint density at radius 1 is 1.18 bits per heavy atom. The van der Waals surface area contributed by atoms with Crippen molar-refractivity contribution in [2.24, 2.45) is 7.05 Å². The Hall–Kier alpha value is -2.64. The second-order valence-electron chi connectivity index (χ2n) is 9.87. The Morgan fingerprint density at radius 3 is 2.70 bits per heavy atom. The summed E-state index contributed by atoms with van der Waals surface area (Å²) in [5.74, 6) is -0.108. The van der Waals surface area contributed by atoms with Crippen LogP contribution in [0.5, 0.6) is 5.75 Å². The van der Waals surface area contributed by atoms with E-state index in [0.717, 1.165) is 65.3 Å². The average Bonchev–Trinajstić information content (AvgIpc) is 3.44. The zero-order valence-corrected chi connectivity index (χ0v) is 20.4. The standard InChI is InChI=1S/C26H30N2O4S/c1-26(2,3)32-24(25(29)30)23-21(17-10-11-18-15(13-17)8-6-12-31-18)22(27-28(23)4)20-14-16-7-5-9-19(16)33-20/h10-11,13-14,24H,5-9,12H2,1-4H3,(H,29,30). The van der Waals surface area contributed by atoms with Gasteiger partial charge in [0.25, 0.3) is 0 Å². The third-order valence-corrected chi connectivity index (χ3v) is 7.46. The Bertz CT molecular complexity index is 1200. The van der Waals surface area contributed by atoms with Crippen LogP contribution >= 0.6 is 11.3 Å². The predicted molar refractivity (Wildman–Crippen MR) is 129 cm³/mol. The molecule has 0 bridgehead atoms. The average molecular weight is 467 g/mol. The van der Waals surface area contributed by atoms with Crippen LogP contribution < -0.4 is 4.74 Å². The van der Waals surface area contributed by atoms with E-state index >= 15 is 0 Å². The van der Waals surface area contributed by atoms with E-state index in [4.69, 9.17) is 14.6 Å². The summed E-state index contributed by atoms with van der Waals surface area (Å²) < 4.78 is 13.6. The maximum Gasteiger partial charge on any atom is 0.339 e. The summed E-state index contributed by atoms with van der Waals surface area (Å²) in [5.41, 5.74) is 5.10. The molecule has 5 rings (SSSR count). The van der Waals surface area contributed by atoms with Crippen molar-refractivity contribution in [1.29, 1.82) is 0 Å². The Labute approximate surface area is 198 Å². The maximum absolute atomic E-state index is 12.4. The van der Waals surface area contributed by atoms with E-state index in [0.29, 0.717) is 5.69 Å². The molecule has 0 radical (unpaired) electrons. The maximum atomic E-state index is 12.4. The van der Waals surface area contributed by atoms with Crippen LogP contribution in [-0.4, -0.2) is 33.1 Å². The number of carboxylic acids is 1. The van der Waals surface area contributed by atoms with Crippen molar-refractivity contribution in [3.63, 3.8) is 0 Å². The molecule has 0 saturated carbocycles. The SMILES string of the molecule is Cn1nc(-c2cc3c(s2)CCC3)c(-c2ccc3c(c2)CCCO3)c1C(OC(C)(C)C)C(=O)O. The highest BCUT2D eigenvalue weighted by atomic mass is 32.1.